The first kappa shape index (κ1) is 23.3. The number of likely N-dealkylation sites (N-methyl/N-ethyl adjacent to an activating group) is 2. The summed E-state index contributed by atoms with van der Waals surface area (Å²) in [6.45, 7) is 6.24. The number of amides is 1. The zero-order chi connectivity index (χ0) is 22.1. The van der Waals surface area contributed by atoms with Crippen molar-refractivity contribution in [3.05, 3.63) is 60.2 Å². The minimum Gasteiger partial charge on any atom is -0.486 e. The van der Waals surface area contributed by atoms with Crippen molar-refractivity contribution in [1.29, 1.82) is 0 Å². The quantitative estimate of drug-likeness (QED) is 0.614. The molecule has 6 heteroatoms. The van der Waals surface area contributed by atoms with E-state index in [4.69, 9.17) is 4.74 Å². The molecule has 2 N–H and O–H groups in total. The Labute approximate surface area is 186 Å². The van der Waals surface area contributed by atoms with Crippen LogP contribution in [-0.2, 0) is 4.79 Å². The van der Waals surface area contributed by atoms with Crippen LogP contribution in [0.4, 0.5) is 5.69 Å². The van der Waals surface area contributed by atoms with Crippen molar-refractivity contribution in [1.82, 2.24) is 15.5 Å². The first-order chi connectivity index (χ1) is 15.1. The second-order valence-electron chi connectivity index (χ2n) is 8.10. The van der Waals surface area contributed by atoms with Gasteiger partial charge in [-0.2, -0.15) is 0 Å². The van der Waals surface area contributed by atoms with Crippen LogP contribution in [0.15, 0.2) is 54.6 Å². The monoisotopic (exact) mass is 424 g/mol. The molecule has 1 aliphatic rings. The summed E-state index contributed by atoms with van der Waals surface area (Å²) in [6.07, 6.45) is 1.34. The van der Waals surface area contributed by atoms with Gasteiger partial charge in [0.1, 0.15) is 11.9 Å². The standard InChI is InChI=1S/C25H36N4O2/c1-4-27-19-22-18-25(30)29(16-15-28(22)3)21-11-8-12-23(17-21)31-24(13-14-26-2)20-9-6-5-7-10-20/h5-12,17,22,24,26-27H,4,13-16,18-19H2,1-3H3/t22-,24-/m0/s1. The van der Waals surface area contributed by atoms with Crippen molar-refractivity contribution in [2.75, 3.05) is 51.7 Å². The lowest BCUT2D eigenvalue weighted by molar-refractivity contribution is -0.119. The van der Waals surface area contributed by atoms with Gasteiger partial charge in [0.05, 0.1) is 0 Å². The largest absolute Gasteiger partial charge is 0.486 e. The predicted molar refractivity (Wildman–Crippen MR) is 127 cm³/mol. The Balaban J connectivity index is 1.75. The van der Waals surface area contributed by atoms with Gasteiger partial charge in [-0.05, 0) is 44.9 Å². The minimum atomic E-state index is -0.0423. The van der Waals surface area contributed by atoms with E-state index in [9.17, 15) is 4.79 Å². The SMILES string of the molecule is CCNC[C@@H]1CC(=O)N(c2cccc(O[C@@H](CCNC)c3ccccc3)c2)CCN1C. The summed E-state index contributed by atoms with van der Waals surface area (Å²) < 4.78 is 6.40. The summed E-state index contributed by atoms with van der Waals surface area (Å²) in [5.74, 6) is 0.955. The average molecular weight is 425 g/mol. The molecule has 2 atom stereocenters. The molecule has 1 heterocycles. The van der Waals surface area contributed by atoms with E-state index >= 15 is 0 Å². The van der Waals surface area contributed by atoms with E-state index in [1.807, 2.05) is 54.4 Å². The van der Waals surface area contributed by atoms with Gasteiger partial charge in [0.2, 0.25) is 5.91 Å². The fraction of sp³-hybridized carbons (Fsp3) is 0.480. The molecule has 1 saturated heterocycles. The summed E-state index contributed by atoms with van der Waals surface area (Å²) in [7, 11) is 4.05. The third-order valence-corrected chi connectivity index (χ3v) is 5.88. The van der Waals surface area contributed by atoms with E-state index in [2.05, 4.69) is 41.6 Å². The molecule has 0 saturated carbocycles. The zero-order valence-corrected chi connectivity index (χ0v) is 19.0. The fourth-order valence-electron chi connectivity index (χ4n) is 3.97. The van der Waals surface area contributed by atoms with E-state index in [0.29, 0.717) is 13.0 Å². The van der Waals surface area contributed by atoms with Crippen molar-refractivity contribution >= 4 is 11.6 Å². The highest BCUT2D eigenvalue weighted by Gasteiger charge is 2.27. The molecule has 0 spiro atoms. The summed E-state index contributed by atoms with van der Waals surface area (Å²) in [4.78, 5) is 17.2. The number of rotatable bonds is 10. The van der Waals surface area contributed by atoms with E-state index in [0.717, 1.165) is 49.6 Å². The van der Waals surface area contributed by atoms with E-state index < -0.39 is 0 Å². The first-order valence-corrected chi connectivity index (χ1v) is 11.3. The number of nitrogens with zero attached hydrogens (tertiary/aromatic N) is 2. The van der Waals surface area contributed by atoms with Crippen molar-refractivity contribution in [2.24, 2.45) is 0 Å². The van der Waals surface area contributed by atoms with Crippen molar-refractivity contribution in [3.63, 3.8) is 0 Å². The van der Waals surface area contributed by atoms with Gasteiger partial charge in [-0.1, -0.05) is 43.3 Å². The predicted octanol–water partition coefficient (Wildman–Crippen LogP) is 3.06. The third-order valence-electron chi connectivity index (χ3n) is 5.88. The smallest absolute Gasteiger partial charge is 0.228 e. The maximum atomic E-state index is 13.1. The molecule has 2 aromatic carbocycles. The Morgan fingerprint density at radius 3 is 2.68 bits per heavy atom. The number of ether oxygens (including phenoxy) is 1. The Hall–Kier alpha value is -2.41. The molecule has 0 unspecified atom stereocenters. The summed E-state index contributed by atoms with van der Waals surface area (Å²) in [5.41, 5.74) is 2.06. The first-order valence-electron chi connectivity index (χ1n) is 11.3. The highest BCUT2D eigenvalue weighted by atomic mass is 16.5. The van der Waals surface area contributed by atoms with Crippen LogP contribution in [0, 0.1) is 0 Å². The fourth-order valence-corrected chi connectivity index (χ4v) is 3.97. The van der Waals surface area contributed by atoms with Crippen molar-refractivity contribution < 1.29 is 9.53 Å². The number of carbonyl (C=O) groups excluding carboxylic acids is 1. The van der Waals surface area contributed by atoms with Crippen LogP contribution in [0.3, 0.4) is 0 Å². The van der Waals surface area contributed by atoms with Crippen molar-refractivity contribution in [2.45, 2.75) is 31.9 Å². The Kier molecular flexibility index (Phi) is 8.88. The molecule has 0 aliphatic carbocycles. The van der Waals surface area contributed by atoms with E-state index in [1.165, 1.54) is 0 Å². The van der Waals surface area contributed by atoms with Gasteiger partial charge in [0, 0.05) is 50.3 Å². The molecule has 0 bridgehead atoms. The molecular formula is C25H36N4O2. The molecule has 31 heavy (non-hydrogen) atoms. The van der Waals surface area contributed by atoms with Gasteiger partial charge in [-0.3, -0.25) is 9.69 Å². The second kappa shape index (κ2) is 11.8. The number of carbonyl (C=O) groups is 1. The maximum absolute atomic E-state index is 13.1. The number of nitrogens with one attached hydrogen (secondary N) is 2. The van der Waals surface area contributed by atoms with Crippen LogP contribution in [0.2, 0.25) is 0 Å². The Morgan fingerprint density at radius 2 is 1.94 bits per heavy atom. The van der Waals surface area contributed by atoms with Gasteiger partial charge >= 0.3 is 0 Å². The average Bonchev–Trinajstić information content (AvgIpc) is 2.93. The second-order valence-corrected chi connectivity index (χ2v) is 8.10. The number of hydrogen-bond acceptors (Lipinski definition) is 5. The van der Waals surface area contributed by atoms with Gasteiger partial charge in [-0.15, -0.1) is 0 Å². The van der Waals surface area contributed by atoms with Gasteiger partial charge in [0.15, 0.2) is 0 Å². The van der Waals surface area contributed by atoms with Gasteiger partial charge in [0.25, 0.3) is 0 Å². The normalized spacial score (nSPS) is 18.6. The van der Waals surface area contributed by atoms with Crippen LogP contribution in [0.5, 0.6) is 5.75 Å². The highest BCUT2D eigenvalue weighted by molar-refractivity contribution is 5.94. The lowest BCUT2D eigenvalue weighted by Crippen LogP contribution is -2.40. The highest BCUT2D eigenvalue weighted by Crippen LogP contribution is 2.29. The van der Waals surface area contributed by atoms with Crippen LogP contribution >= 0.6 is 0 Å². The molecule has 0 radical (unpaired) electrons. The van der Waals surface area contributed by atoms with Crippen molar-refractivity contribution in [3.8, 4) is 5.75 Å². The van der Waals surface area contributed by atoms with Crippen LogP contribution < -0.4 is 20.3 Å². The summed E-state index contributed by atoms with van der Waals surface area (Å²) in [5, 5.41) is 6.59. The van der Waals surface area contributed by atoms with E-state index in [1.54, 1.807) is 0 Å². The summed E-state index contributed by atoms with van der Waals surface area (Å²) in [6, 6.07) is 18.5. The van der Waals surface area contributed by atoms with Gasteiger partial charge < -0.3 is 20.3 Å². The van der Waals surface area contributed by atoms with Crippen LogP contribution in [0.1, 0.15) is 31.4 Å². The third kappa shape index (κ3) is 6.53. The summed E-state index contributed by atoms with van der Waals surface area (Å²) >= 11 is 0. The van der Waals surface area contributed by atoms with Gasteiger partial charge in [-0.25, -0.2) is 0 Å². The molecule has 0 aromatic heterocycles. The Morgan fingerprint density at radius 1 is 1.13 bits per heavy atom. The maximum Gasteiger partial charge on any atom is 0.228 e. The minimum absolute atomic E-state index is 0.0423. The molecule has 2 aromatic rings. The Bertz CT molecular complexity index is 814. The molecule has 1 amide bonds. The molecule has 1 aliphatic heterocycles. The number of hydrogen-bond donors (Lipinski definition) is 2. The van der Waals surface area contributed by atoms with Crippen LogP contribution in [-0.4, -0.2) is 63.7 Å². The molecule has 1 fully saturated rings. The lowest BCUT2D eigenvalue weighted by atomic mass is 10.1. The molecule has 3 rings (SSSR count). The number of benzene rings is 2. The molecular weight excluding hydrogens is 388 g/mol. The van der Waals surface area contributed by atoms with Crippen LogP contribution in [0.25, 0.3) is 0 Å². The topological polar surface area (TPSA) is 56.8 Å². The molecule has 168 valence electrons. The lowest BCUT2D eigenvalue weighted by Gasteiger charge is -2.24. The number of anilines is 1. The molecule has 6 nitrogen and oxygen atoms in total. The zero-order valence-electron chi connectivity index (χ0n) is 19.0. The van der Waals surface area contributed by atoms with E-state index in [-0.39, 0.29) is 18.1 Å².